The molecule has 0 aliphatic carbocycles. The zero-order valence-corrected chi connectivity index (χ0v) is 17.5. The minimum Gasteiger partial charge on any atom is -0.494 e. The number of rotatable bonds is 5. The molecule has 0 spiro atoms. The summed E-state index contributed by atoms with van der Waals surface area (Å²) >= 11 is 0. The molecule has 160 valence electrons. The first-order valence-corrected chi connectivity index (χ1v) is 10.6. The first-order valence-electron chi connectivity index (χ1n) is 10.6. The van der Waals surface area contributed by atoms with E-state index in [1.807, 2.05) is 36.1 Å². The van der Waals surface area contributed by atoms with Crippen molar-refractivity contribution in [2.24, 2.45) is 11.0 Å². The monoisotopic (exact) mass is 414 g/mol. The van der Waals surface area contributed by atoms with Gasteiger partial charge in [0.2, 0.25) is 0 Å². The van der Waals surface area contributed by atoms with E-state index in [1.54, 1.807) is 4.90 Å². The molecule has 9 heteroatoms. The van der Waals surface area contributed by atoms with Gasteiger partial charge in [-0.25, -0.2) is 4.79 Å². The molecule has 1 aromatic carbocycles. The lowest BCUT2D eigenvalue weighted by atomic mass is 9.99. The van der Waals surface area contributed by atoms with Crippen LogP contribution in [0.15, 0.2) is 29.4 Å². The Labute approximate surface area is 175 Å². The van der Waals surface area contributed by atoms with Gasteiger partial charge >= 0.3 is 11.8 Å². The van der Waals surface area contributed by atoms with E-state index in [0.29, 0.717) is 38.7 Å². The summed E-state index contributed by atoms with van der Waals surface area (Å²) < 4.78 is 6.54. The van der Waals surface area contributed by atoms with E-state index >= 15 is 0 Å². The Hall–Kier alpha value is -2.97. The van der Waals surface area contributed by atoms with E-state index in [1.165, 1.54) is 4.90 Å². The molecule has 3 aliphatic rings. The summed E-state index contributed by atoms with van der Waals surface area (Å²) in [6, 6.07) is 7.57. The molecule has 4 rings (SSSR count). The first-order chi connectivity index (χ1) is 14.5. The number of likely N-dealkylation sites (tertiary alicyclic amines) is 1. The van der Waals surface area contributed by atoms with E-state index < -0.39 is 18.1 Å². The molecule has 1 atom stereocenters. The van der Waals surface area contributed by atoms with E-state index in [2.05, 4.69) is 12.0 Å². The number of anilines is 1. The van der Waals surface area contributed by atoms with Crippen LogP contribution >= 0.6 is 0 Å². The predicted octanol–water partition coefficient (Wildman–Crippen LogP) is 1.28. The topological polar surface area (TPSA) is 85.5 Å². The van der Waals surface area contributed by atoms with Crippen LogP contribution in [0.1, 0.15) is 26.7 Å². The van der Waals surface area contributed by atoms with Gasteiger partial charge in [0.1, 0.15) is 5.75 Å². The summed E-state index contributed by atoms with van der Waals surface area (Å²) in [6.45, 7) is 6.84. The maximum absolute atomic E-state index is 12.7. The average molecular weight is 414 g/mol. The average Bonchev–Trinajstić information content (AvgIpc) is 3.17. The summed E-state index contributed by atoms with van der Waals surface area (Å²) in [7, 11) is 0. The molecule has 1 aromatic rings. The fraction of sp³-hybridized carbons (Fsp3) is 0.571. The molecule has 2 fully saturated rings. The van der Waals surface area contributed by atoms with Gasteiger partial charge in [0.05, 0.1) is 6.61 Å². The largest absolute Gasteiger partial charge is 0.502 e. The van der Waals surface area contributed by atoms with Gasteiger partial charge in [0.15, 0.2) is 0 Å². The lowest BCUT2D eigenvalue weighted by Crippen LogP contribution is -2.53. The number of azo groups is 2. The summed E-state index contributed by atoms with van der Waals surface area (Å²) in [6.07, 6.45) is 1.29. The van der Waals surface area contributed by atoms with Crippen LogP contribution < -0.4 is 9.64 Å². The maximum atomic E-state index is 12.7. The Bertz CT molecular complexity index is 861. The Morgan fingerprint density at radius 3 is 2.43 bits per heavy atom. The molecule has 1 unspecified atom stereocenters. The molecule has 2 saturated heterocycles. The summed E-state index contributed by atoms with van der Waals surface area (Å²) in [5.74, 6) is -0.133. The molecule has 0 radical (unpaired) electrons. The lowest BCUT2D eigenvalue weighted by Gasteiger charge is -2.30. The highest BCUT2D eigenvalue weighted by Crippen LogP contribution is 2.28. The number of ether oxygens (including phenoxy) is 1. The molecule has 0 N–H and O–H groups in total. The van der Waals surface area contributed by atoms with E-state index in [4.69, 9.17) is 4.74 Å². The normalized spacial score (nSPS) is 22.3. The van der Waals surface area contributed by atoms with Crippen molar-refractivity contribution in [1.82, 2.24) is 9.80 Å². The molecular weight excluding hydrogens is 386 g/mol. The van der Waals surface area contributed by atoms with E-state index in [0.717, 1.165) is 29.0 Å². The number of benzene rings is 1. The number of hydrogen-bond acceptors (Lipinski definition) is 6. The SMILES string of the molecule is CCOc1ccc(N2CCN3C(=O)C(=O)[N+](CC(=O)N4CCC(C)CC4)=NC32)cc1. The quantitative estimate of drug-likeness (QED) is 0.535. The highest BCUT2D eigenvalue weighted by Gasteiger charge is 2.50. The summed E-state index contributed by atoms with van der Waals surface area (Å²) in [4.78, 5) is 43.0. The number of hydrogen-bond donors (Lipinski definition) is 0. The van der Waals surface area contributed by atoms with Crippen LogP contribution in [0.2, 0.25) is 0 Å². The van der Waals surface area contributed by atoms with Crippen molar-refractivity contribution in [2.75, 3.05) is 44.2 Å². The van der Waals surface area contributed by atoms with E-state index in [-0.39, 0.29) is 12.5 Å². The molecule has 3 aliphatic heterocycles. The summed E-state index contributed by atoms with van der Waals surface area (Å²) in [5, 5.41) is 4.48. The zero-order valence-electron chi connectivity index (χ0n) is 17.5. The second-order valence-electron chi connectivity index (χ2n) is 8.01. The Morgan fingerprint density at radius 1 is 1.10 bits per heavy atom. The van der Waals surface area contributed by atoms with Crippen LogP contribution in [0.5, 0.6) is 5.75 Å². The highest BCUT2D eigenvalue weighted by atomic mass is 16.5. The number of amides is 3. The fourth-order valence-electron chi connectivity index (χ4n) is 4.12. The van der Waals surface area contributed by atoms with Gasteiger partial charge in [0.25, 0.3) is 18.7 Å². The van der Waals surface area contributed by atoms with Crippen molar-refractivity contribution >= 4 is 23.4 Å². The third-order valence-electron chi connectivity index (χ3n) is 5.96. The summed E-state index contributed by atoms with van der Waals surface area (Å²) in [5.41, 5.74) is 0.883. The molecule has 3 amide bonds. The second kappa shape index (κ2) is 8.41. The molecule has 9 nitrogen and oxygen atoms in total. The van der Waals surface area contributed by atoms with Gasteiger partial charge in [-0.2, -0.15) is 0 Å². The smallest absolute Gasteiger partial charge is 0.494 e. The molecule has 0 bridgehead atoms. The lowest BCUT2D eigenvalue weighted by molar-refractivity contribution is -0.510. The van der Waals surface area contributed by atoms with Gasteiger partial charge in [-0.05, 0) is 54.6 Å². The number of carbonyl (C=O) groups is 3. The Morgan fingerprint density at radius 2 is 1.77 bits per heavy atom. The molecule has 0 saturated carbocycles. The number of carbonyl (C=O) groups excluding carboxylic acids is 3. The number of fused-ring (bicyclic) bond motifs is 1. The fourth-order valence-corrected chi connectivity index (χ4v) is 4.12. The number of piperidine rings is 1. The standard InChI is InChI=1S/C21H28N5O4/c1-3-30-17-6-4-16(5-7-17)24-12-13-25-19(28)20(29)26(22-21(24)25)14-18(27)23-10-8-15(2)9-11-23/h4-7,15,21H,3,8-14H2,1-2H3/q+1. The van der Waals surface area contributed by atoms with Crippen molar-refractivity contribution < 1.29 is 23.8 Å². The maximum Gasteiger partial charge on any atom is 0.502 e. The number of nitrogens with zero attached hydrogens (tertiary/aromatic N) is 5. The zero-order chi connectivity index (χ0) is 21.3. The third-order valence-corrected chi connectivity index (χ3v) is 5.96. The first kappa shape index (κ1) is 20.3. The molecular formula is C21H28N5O4+. The van der Waals surface area contributed by atoms with Gasteiger partial charge in [0, 0.05) is 37.0 Å². The van der Waals surface area contributed by atoms with Crippen molar-refractivity contribution in [3.8, 4) is 5.75 Å². The Kier molecular flexibility index (Phi) is 5.69. The molecule has 30 heavy (non-hydrogen) atoms. The van der Waals surface area contributed by atoms with Crippen molar-refractivity contribution in [1.29, 1.82) is 0 Å². The van der Waals surface area contributed by atoms with Crippen LogP contribution in [-0.2, 0) is 14.4 Å². The third kappa shape index (κ3) is 3.88. The van der Waals surface area contributed by atoms with Crippen molar-refractivity contribution in [3.63, 3.8) is 0 Å². The van der Waals surface area contributed by atoms with Crippen molar-refractivity contribution in [3.05, 3.63) is 24.3 Å². The van der Waals surface area contributed by atoms with Crippen LogP contribution in [-0.4, -0.2) is 77.8 Å². The van der Waals surface area contributed by atoms with Gasteiger partial charge < -0.3 is 14.5 Å². The van der Waals surface area contributed by atoms with Gasteiger partial charge in [-0.1, -0.05) is 6.92 Å². The molecule has 3 heterocycles. The predicted molar refractivity (Wildman–Crippen MR) is 108 cm³/mol. The van der Waals surface area contributed by atoms with Crippen LogP contribution in [0, 0.1) is 5.92 Å². The van der Waals surface area contributed by atoms with E-state index in [9.17, 15) is 14.4 Å². The molecule has 0 aromatic heterocycles. The Balaban J connectivity index is 1.52. The van der Waals surface area contributed by atoms with Gasteiger partial charge in [-0.15, -0.1) is 0 Å². The van der Waals surface area contributed by atoms with Gasteiger partial charge in [-0.3, -0.25) is 14.5 Å². The minimum absolute atomic E-state index is 0.161. The minimum atomic E-state index is -0.737. The van der Waals surface area contributed by atoms with Crippen LogP contribution in [0.25, 0.3) is 0 Å². The van der Waals surface area contributed by atoms with Crippen LogP contribution in [0.4, 0.5) is 5.69 Å². The second-order valence-corrected chi connectivity index (χ2v) is 8.01. The highest BCUT2D eigenvalue weighted by molar-refractivity contribution is 6.31. The van der Waals surface area contributed by atoms with Crippen LogP contribution in [0.3, 0.4) is 0 Å². The van der Waals surface area contributed by atoms with Crippen molar-refractivity contribution in [2.45, 2.75) is 33.0 Å².